The van der Waals surface area contributed by atoms with Gasteiger partial charge < -0.3 is 44.5 Å². The number of nitrogens with two attached hydrogens (primary N) is 1. The molecule has 2 saturated heterocycles. The van der Waals surface area contributed by atoms with Gasteiger partial charge in [-0.25, -0.2) is 9.97 Å². The van der Waals surface area contributed by atoms with Crippen molar-refractivity contribution >= 4 is 150 Å². The number of aldehydes is 1. The molecule has 0 aliphatic carbocycles. The van der Waals surface area contributed by atoms with Gasteiger partial charge in [0.05, 0.1) is 24.7 Å². The first kappa shape index (κ1) is 79.4. The number of aromatic nitrogens is 7. The first-order valence-corrected chi connectivity index (χ1v) is 32.7. The summed E-state index contributed by atoms with van der Waals surface area (Å²) in [6.07, 6.45) is 9.03. The number of hydrogen-bond acceptors (Lipinski definition) is 21. The molecular weight excluding hydrogens is 1470 g/mol. The van der Waals surface area contributed by atoms with Gasteiger partial charge in [-0.05, 0) is 104 Å². The number of nitrogen functional groups attached to an aromatic ring is 1. The predicted molar refractivity (Wildman–Crippen MR) is 387 cm³/mol. The zero-order valence-corrected chi connectivity index (χ0v) is 58.6. The molecule has 25 nitrogen and oxygen atoms in total. The van der Waals surface area contributed by atoms with Crippen LogP contribution in [0.2, 0.25) is 30.1 Å². The Kier molecular flexibility index (Phi) is 32.8. The van der Waals surface area contributed by atoms with Gasteiger partial charge in [0, 0.05) is 84.1 Å². The van der Waals surface area contributed by atoms with Gasteiger partial charge in [-0.2, -0.15) is 15.8 Å². The Morgan fingerprint density at radius 3 is 1.43 bits per heavy atom. The van der Waals surface area contributed by atoms with E-state index in [2.05, 4.69) is 40.7 Å². The van der Waals surface area contributed by atoms with E-state index in [4.69, 9.17) is 138 Å². The fraction of sp³-hybridized carbons (Fsp3) is 0.162. The van der Waals surface area contributed by atoms with Crippen molar-refractivity contribution in [1.29, 1.82) is 15.8 Å². The van der Waals surface area contributed by atoms with Crippen molar-refractivity contribution in [3.8, 4) is 52.0 Å². The van der Waals surface area contributed by atoms with Gasteiger partial charge in [0.1, 0.15) is 70.9 Å². The average Bonchev–Trinajstić information content (AvgIpc) is 1.67. The summed E-state index contributed by atoms with van der Waals surface area (Å²) in [5, 5.41) is 62.1. The van der Waals surface area contributed by atoms with E-state index in [1.165, 1.54) is 23.4 Å². The first-order valence-electron chi connectivity index (χ1n) is 29.5. The number of alkyl halides is 1. The van der Waals surface area contributed by atoms with Crippen LogP contribution in [0.15, 0.2) is 192 Å². The maximum Gasteiger partial charge on any atom is 0.267 e. The number of hydrogen-bond donors (Lipinski definition) is 4. The van der Waals surface area contributed by atoms with Crippen LogP contribution < -0.4 is 16.9 Å². The molecule has 0 bridgehead atoms. The summed E-state index contributed by atoms with van der Waals surface area (Å²) < 4.78 is 16.2. The molecule has 33 heteroatoms. The van der Waals surface area contributed by atoms with Crippen LogP contribution in [0.5, 0.6) is 0 Å². The van der Waals surface area contributed by atoms with Crippen LogP contribution >= 0.6 is 92.8 Å². The molecular formula is C68H55Cl8N15O10. The summed E-state index contributed by atoms with van der Waals surface area (Å²) in [4.78, 5) is 71.8. The summed E-state index contributed by atoms with van der Waals surface area (Å²) in [6, 6.07) is 46.5. The largest absolute Gasteiger partial charge is 0.411 e. The van der Waals surface area contributed by atoms with Gasteiger partial charge in [0.2, 0.25) is 17.7 Å². The number of rotatable bonds is 9. The van der Waals surface area contributed by atoms with Crippen LogP contribution in [0.25, 0.3) is 56.0 Å². The molecule has 2 aliphatic heterocycles. The van der Waals surface area contributed by atoms with E-state index in [0.29, 0.717) is 69.3 Å². The van der Waals surface area contributed by atoms with Crippen molar-refractivity contribution in [2.24, 2.45) is 10.3 Å². The smallest absolute Gasteiger partial charge is 0.267 e. The highest BCUT2D eigenvalue weighted by Gasteiger charge is 2.23. The third-order valence-electron chi connectivity index (χ3n) is 13.7. The summed E-state index contributed by atoms with van der Waals surface area (Å²) in [5.41, 5.74) is 11.1. The van der Waals surface area contributed by atoms with Crippen molar-refractivity contribution in [3.63, 3.8) is 0 Å². The van der Waals surface area contributed by atoms with E-state index in [-0.39, 0.29) is 75.2 Å². The number of nitrogens with zero attached hydrogens (tertiary/aromatic N) is 13. The number of likely N-dealkylation sites (tertiary alicyclic amines) is 2. The topological polar surface area (TPSA) is 379 Å². The summed E-state index contributed by atoms with van der Waals surface area (Å²) in [5.74, 6) is 0.168. The Balaban J connectivity index is 0.000000189. The SMILES string of the molecule is N#CCC#N.N#Cc1c(-c2ccc(Cl)cc2)noc1N.O/N=C(\Cl)c1ccc(Cl)cc1.O/N=C/c1ccc(Cl)cc1.O=C(CCl)N1CCCC1.O=C(Cn1cnc2onc(-c3ccc(Cl)cc3)c2c1=O)N1CCCC1.O=Cc1ccc(Cl)cc1.O=c1[nH]cnc2onc(-c3ccc(Cl)cc3)c12. The van der Waals surface area contributed by atoms with Crippen molar-refractivity contribution in [2.75, 3.05) is 37.8 Å². The standard InChI is InChI=1S/C17H15ClN4O3.C11H6ClN3O2.C10H6ClN3O.C7H5Cl2NO.C7H6ClNO.C7H5ClO.C6H10ClNO.C3H2N2/c18-12-5-3-11(4-6-12)15-14-16(25-20-15)19-10-22(17(14)24)9-13(23)21-7-1-2-8-21;12-7-3-1-6(2-4-7)9-8-10(16)13-5-14-11(8)17-15-9;11-7-3-1-6(2-4-7)9-8(5-12)10(13)15-14-9;8-6-3-1-5(2-4-6)7(9)10-11;8-7-3-1-6(2-4-7)5-9-10;8-7-3-1-6(5-9)2-4-7;7-5-6(9)8-3-1-2-4-8;4-2-1-3-5/h3-6,10H,1-2,7-9H2;1-5H,(H,13,14,16);1-4H,13H2;1-4,11H;1-5,10H;1-5H;1-5H2;1H2/b;;;10-7-;9-5+;;;. The minimum absolute atomic E-state index is 0. The molecule has 5 aromatic heterocycles. The number of halogens is 8. The second-order valence-electron chi connectivity index (χ2n) is 20.4. The van der Waals surface area contributed by atoms with Crippen molar-refractivity contribution in [2.45, 2.75) is 38.6 Å². The molecule has 13 rings (SSSR count). The van der Waals surface area contributed by atoms with Crippen molar-refractivity contribution < 1.29 is 38.4 Å². The minimum Gasteiger partial charge on any atom is -0.411 e. The van der Waals surface area contributed by atoms with Gasteiger partial charge in [0.25, 0.3) is 22.5 Å². The fourth-order valence-corrected chi connectivity index (χ4v) is 9.77. The molecule has 0 saturated carbocycles. The van der Waals surface area contributed by atoms with Crippen LogP contribution in [0.3, 0.4) is 0 Å². The zero-order chi connectivity index (χ0) is 73.2. The lowest BCUT2D eigenvalue weighted by Crippen LogP contribution is -2.34. The predicted octanol–water partition coefficient (Wildman–Crippen LogP) is 15.3. The molecule has 101 heavy (non-hydrogen) atoms. The molecule has 2 amide bonds. The van der Waals surface area contributed by atoms with Crippen LogP contribution in [-0.4, -0.2) is 117 Å². The molecule has 0 spiro atoms. The number of aromatic amines is 1. The third-order valence-corrected chi connectivity index (χ3v) is 15.7. The number of anilines is 1. The number of carbonyl (C=O) groups is 3. The Morgan fingerprint density at radius 1 is 0.584 bits per heavy atom. The van der Waals surface area contributed by atoms with Gasteiger partial charge in [-0.3, -0.25) is 28.5 Å². The summed E-state index contributed by atoms with van der Waals surface area (Å²) >= 11 is 45.1. The van der Waals surface area contributed by atoms with E-state index in [0.717, 1.165) is 74.8 Å². The Bertz CT molecular complexity index is 4800. The van der Waals surface area contributed by atoms with Gasteiger partial charge in [0.15, 0.2) is 5.17 Å². The third kappa shape index (κ3) is 24.6. The molecule has 7 heterocycles. The number of nitrogens with one attached hydrogen (secondary N) is 1. The Labute approximate surface area is 615 Å². The molecule has 0 unspecified atom stereocenters. The molecule has 2 fully saturated rings. The zero-order valence-electron chi connectivity index (χ0n) is 52.5. The normalized spacial score (nSPS) is 11.8. The van der Waals surface area contributed by atoms with Crippen LogP contribution in [0.4, 0.5) is 5.88 Å². The molecule has 0 radical (unpaired) electrons. The Hall–Kier alpha value is -10.6. The molecule has 5 N–H and O–H groups in total. The molecule has 6 aromatic carbocycles. The second kappa shape index (κ2) is 41.7. The number of H-pyrrole nitrogens is 1. The molecule has 0 atom stereocenters. The number of oxime groups is 2. The van der Waals surface area contributed by atoms with Crippen LogP contribution in [-0.2, 0) is 16.1 Å². The molecule has 518 valence electrons. The Morgan fingerprint density at radius 2 is 1.00 bits per heavy atom. The second-order valence-corrected chi connectivity index (χ2v) is 23.6. The van der Waals surface area contributed by atoms with Crippen molar-refractivity contribution in [1.82, 2.24) is 44.8 Å². The lowest BCUT2D eigenvalue weighted by molar-refractivity contribution is -0.131. The molecule has 2 aliphatic rings. The van der Waals surface area contributed by atoms with E-state index in [9.17, 15) is 24.0 Å². The highest BCUT2D eigenvalue weighted by molar-refractivity contribution is 6.69. The number of carbonyl (C=O) groups excluding carboxylic acids is 3. The first-order chi connectivity index (χ1) is 48.7. The van der Waals surface area contributed by atoms with Gasteiger partial charge in [-0.15, -0.1) is 11.6 Å². The number of amides is 2. The summed E-state index contributed by atoms with van der Waals surface area (Å²) in [7, 11) is 0. The number of nitriles is 3. The lowest BCUT2D eigenvalue weighted by Gasteiger charge is -2.15. The van der Waals surface area contributed by atoms with E-state index in [1.54, 1.807) is 163 Å². The minimum atomic E-state index is -0.344. The lowest BCUT2D eigenvalue weighted by atomic mass is 10.1. The van der Waals surface area contributed by atoms with E-state index >= 15 is 0 Å². The van der Waals surface area contributed by atoms with Gasteiger partial charge >= 0.3 is 0 Å². The highest BCUT2D eigenvalue weighted by Crippen LogP contribution is 2.29. The number of benzene rings is 6. The van der Waals surface area contributed by atoms with Gasteiger partial charge in [-0.1, -0.05) is 180 Å². The van der Waals surface area contributed by atoms with E-state index < -0.39 is 0 Å². The van der Waals surface area contributed by atoms with E-state index in [1.807, 2.05) is 11.0 Å². The highest BCUT2D eigenvalue weighted by atomic mass is 35.5. The molecule has 11 aromatic rings. The fourth-order valence-electron chi connectivity index (χ4n) is 8.71. The van der Waals surface area contributed by atoms with Crippen LogP contribution in [0.1, 0.15) is 59.2 Å². The maximum absolute atomic E-state index is 12.8. The average molecular weight is 1530 g/mol. The monoisotopic (exact) mass is 1520 g/mol. The maximum atomic E-state index is 12.8. The van der Waals surface area contributed by atoms with Crippen LogP contribution in [0, 0.1) is 34.0 Å². The summed E-state index contributed by atoms with van der Waals surface area (Å²) in [6.45, 7) is 3.27. The number of fused-ring (bicyclic) bond motifs is 2. The van der Waals surface area contributed by atoms with Crippen molar-refractivity contribution in [3.05, 3.63) is 231 Å². The quantitative estimate of drug-likeness (QED) is 0.0343.